The SMILES string of the molecule is CC(C)(CO)CNCC1CC1(C)C. The first-order valence-corrected chi connectivity index (χ1v) is 5.19. The Labute approximate surface area is 81.7 Å². The van der Waals surface area contributed by atoms with Gasteiger partial charge < -0.3 is 10.4 Å². The lowest BCUT2D eigenvalue weighted by Gasteiger charge is -2.22. The van der Waals surface area contributed by atoms with E-state index >= 15 is 0 Å². The maximum Gasteiger partial charge on any atom is 0.0494 e. The topological polar surface area (TPSA) is 32.3 Å². The van der Waals surface area contributed by atoms with Crippen LogP contribution in [0.2, 0.25) is 0 Å². The summed E-state index contributed by atoms with van der Waals surface area (Å²) in [5.41, 5.74) is 0.593. The van der Waals surface area contributed by atoms with E-state index in [2.05, 4.69) is 33.0 Å². The second-order valence-corrected chi connectivity index (χ2v) is 5.84. The van der Waals surface area contributed by atoms with Crippen LogP contribution in [0.5, 0.6) is 0 Å². The molecule has 0 amide bonds. The smallest absolute Gasteiger partial charge is 0.0494 e. The van der Waals surface area contributed by atoms with Gasteiger partial charge in [-0.25, -0.2) is 0 Å². The molecule has 1 unspecified atom stereocenters. The Kier molecular flexibility index (Phi) is 3.03. The lowest BCUT2D eigenvalue weighted by molar-refractivity contribution is 0.156. The highest BCUT2D eigenvalue weighted by Crippen LogP contribution is 2.50. The van der Waals surface area contributed by atoms with Crippen molar-refractivity contribution in [3.8, 4) is 0 Å². The monoisotopic (exact) mass is 185 g/mol. The van der Waals surface area contributed by atoms with Gasteiger partial charge >= 0.3 is 0 Å². The van der Waals surface area contributed by atoms with Gasteiger partial charge in [-0.3, -0.25) is 0 Å². The van der Waals surface area contributed by atoms with Crippen LogP contribution < -0.4 is 5.32 Å². The highest BCUT2D eigenvalue weighted by molar-refractivity contribution is 4.96. The molecule has 0 aliphatic heterocycles. The van der Waals surface area contributed by atoms with E-state index in [1.165, 1.54) is 6.42 Å². The van der Waals surface area contributed by atoms with Crippen LogP contribution in [0, 0.1) is 16.7 Å². The minimum atomic E-state index is 0.0268. The molecule has 1 aliphatic carbocycles. The van der Waals surface area contributed by atoms with Crippen molar-refractivity contribution in [3.05, 3.63) is 0 Å². The second-order valence-electron chi connectivity index (χ2n) is 5.84. The van der Waals surface area contributed by atoms with Crippen molar-refractivity contribution in [3.63, 3.8) is 0 Å². The third-order valence-corrected chi connectivity index (χ3v) is 3.14. The zero-order valence-corrected chi connectivity index (χ0v) is 9.35. The standard InChI is InChI=1S/C11H23NO/c1-10(2,8-13)7-12-6-9-5-11(9,3)4/h9,12-13H,5-8H2,1-4H3. The van der Waals surface area contributed by atoms with E-state index in [1.54, 1.807) is 0 Å². The Balaban J connectivity index is 2.09. The van der Waals surface area contributed by atoms with Gasteiger partial charge in [0.25, 0.3) is 0 Å². The van der Waals surface area contributed by atoms with Crippen LogP contribution in [0.1, 0.15) is 34.1 Å². The van der Waals surface area contributed by atoms with Crippen LogP contribution in [0.15, 0.2) is 0 Å². The fraction of sp³-hybridized carbons (Fsp3) is 1.00. The molecule has 0 aromatic heterocycles. The molecule has 1 atom stereocenters. The molecule has 1 saturated carbocycles. The summed E-state index contributed by atoms with van der Waals surface area (Å²) in [4.78, 5) is 0. The molecule has 1 fully saturated rings. The van der Waals surface area contributed by atoms with Gasteiger partial charge in [0.05, 0.1) is 0 Å². The third-order valence-electron chi connectivity index (χ3n) is 3.14. The third kappa shape index (κ3) is 3.28. The Morgan fingerprint density at radius 2 is 2.00 bits per heavy atom. The van der Waals surface area contributed by atoms with Crippen molar-refractivity contribution in [1.29, 1.82) is 0 Å². The molecule has 0 radical (unpaired) electrons. The van der Waals surface area contributed by atoms with E-state index < -0.39 is 0 Å². The molecular formula is C11H23NO. The number of hydrogen-bond donors (Lipinski definition) is 2. The molecule has 78 valence electrons. The predicted molar refractivity (Wildman–Crippen MR) is 55.6 cm³/mol. The van der Waals surface area contributed by atoms with Gasteiger partial charge in [0.1, 0.15) is 0 Å². The number of nitrogens with one attached hydrogen (secondary N) is 1. The summed E-state index contributed by atoms with van der Waals surface area (Å²) in [5.74, 6) is 0.849. The Hall–Kier alpha value is -0.0800. The van der Waals surface area contributed by atoms with Gasteiger partial charge in [-0.15, -0.1) is 0 Å². The molecular weight excluding hydrogens is 162 g/mol. The minimum absolute atomic E-state index is 0.0268. The minimum Gasteiger partial charge on any atom is -0.396 e. The molecule has 2 heteroatoms. The molecule has 2 N–H and O–H groups in total. The van der Waals surface area contributed by atoms with Gasteiger partial charge in [-0.05, 0) is 24.3 Å². The number of aliphatic hydroxyl groups is 1. The summed E-state index contributed by atoms with van der Waals surface area (Å²) >= 11 is 0. The van der Waals surface area contributed by atoms with E-state index in [0.717, 1.165) is 19.0 Å². The van der Waals surface area contributed by atoms with Crippen molar-refractivity contribution < 1.29 is 5.11 Å². The van der Waals surface area contributed by atoms with Gasteiger partial charge in [-0.1, -0.05) is 27.7 Å². The lowest BCUT2D eigenvalue weighted by atomic mass is 9.95. The molecule has 1 rings (SSSR count). The van der Waals surface area contributed by atoms with Gasteiger partial charge in [0.15, 0.2) is 0 Å². The Morgan fingerprint density at radius 3 is 2.38 bits per heavy atom. The van der Waals surface area contributed by atoms with Gasteiger partial charge in [-0.2, -0.15) is 0 Å². The molecule has 1 aliphatic rings. The molecule has 0 aromatic carbocycles. The van der Waals surface area contributed by atoms with Crippen molar-refractivity contribution in [2.24, 2.45) is 16.7 Å². The van der Waals surface area contributed by atoms with E-state index in [4.69, 9.17) is 5.11 Å². The predicted octanol–water partition coefficient (Wildman–Crippen LogP) is 1.64. The summed E-state index contributed by atoms with van der Waals surface area (Å²) in [7, 11) is 0. The van der Waals surface area contributed by atoms with Crippen molar-refractivity contribution in [2.45, 2.75) is 34.1 Å². The summed E-state index contributed by atoms with van der Waals surface area (Å²) in [6.07, 6.45) is 1.35. The van der Waals surface area contributed by atoms with E-state index in [-0.39, 0.29) is 12.0 Å². The maximum atomic E-state index is 9.04. The summed E-state index contributed by atoms with van der Waals surface area (Å²) in [6, 6.07) is 0. The molecule has 0 aromatic rings. The first-order valence-electron chi connectivity index (χ1n) is 5.19. The molecule has 0 bridgehead atoms. The zero-order valence-electron chi connectivity index (χ0n) is 9.35. The van der Waals surface area contributed by atoms with E-state index in [0.29, 0.717) is 5.41 Å². The quantitative estimate of drug-likeness (QED) is 0.682. The van der Waals surface area contributed by atoms with Crippen molar-refractivity contribution in [1.82, 2.24) is 5.32 Å². The van der Waals surface area contributed by atoms with Crippen LogP contribution in [0.4, 0.5) is 0 Å². The van der Waals surface area contributed by atoms with Crippen molar-refractivity contribution in [2.75, 3.05) is 19.7 Å². The van der Waals surface area contributed by atoms with Crippen molar-refractivity contribution >= 4 is 0 Å². The van der Waals surface area contributed by atoms with Crippen LogP contribution in [-0.4, -0.2) is 24.8 Å². The van der Waals surface area contributed by atoms with Gasteiger partial charge in [0, 0.05) is 18.6 Å². The van der Waals surface area contributed by atoms with Crippen LogP contribution in [0.3, 0.4) is 0 Å². The maximum absolute atomic E-state index is 9.04. The number of aliphatic hydroxyl groups excluding tert-OH is 1. The first-order chi connectivity index (χ1) is 5.87. The average Bonchev–Trinajstić information content (AvgIpc) is 2.59. The van der Waals surface area contributed by atoms with E-state index in [1.807, 2.05) is 0 Å². The fourth-order valence-corrected chi connectivity index (χ4v) is 1.57. The molecule has 0 heterocycles. The zero-order chi connectivity index (χ0) is 10.1. The highest BCUT2D eigenvalue weighted by Gasteiger charge is 2.44. The van der Waals surface area contributed by atoms with Gasteiger partial charge in [0.2, 0.25) is 0 Å². The number of hydrogen-bond acceptors (Lipinski definition) is 2. The lowest BCUT2D eigenvalue weighted by Crippen LogP contribution is -2.33. The van der Waals surface area contributed by atoms with Crippen LogP contribution in [-0.2, 0) is 0 Å². The largest absolute Gasteiger partial charge is 0.396 e. The molecule has 0 saturated heterocycles. The normalized spacial score (nSPS) is 26.1. The molecule has 2 nitrogen and oxygen atoms in total. The molecule has 13 heavy (non-hydrogen) atoms. The average molecular weight is 185 g/mol. The summed E-state index contributed by atoms with van der Waals surface area (Å²) < 4.78 is 0. The Morgan fingerprint density at radius 1 is 1.46 bits per heavy atom. The fourth-order valence-electron chi connectivity index (χ4n) is 1.57. The van der Waals surface area contributed by atoms with Crippen LogP contribution in [0.25, 0.3) is 0 Å². The number of rotatable bonds is 5. The van der Waals surface area contributed by atoms with Crippen LogP contribution >= 0.6 is 0 Å². The summed E-state index contributed by atoms with van der Waals surface area (Å²) in [6.45, 7) is 11.1. The second kappa shape index (κ2) is 3.58. The summed E-state index contributed by atoms with van der Waals surface area (Å²) in [5, 5.41) is 12.5. The van der Waals surface area contributed by atoms with E-state index in [9.17, 15) is 0 Å². The highest BCUT2D eigenvalue weighted by atomic mass is 16.3. The Bertz CT molecular complexity index is 175. The molecule has 0 spiro atoms. The first kappa shape index (κ1) is 11.0.